The summed E-state index contributed by atoms with van der Waals surface area (Å²) in [7, 11) is -3.22. The van der Waals surface area contributed by atoms with Crippen LogP contribution in [-0.2, 0) is 26.9 Å². The molecular formula is C11H17NO4S. The first kappa shape index (κ1) is 12.6. The molecule has 5 nitrogen and oxygen atoms in total. The molecule has 0 aromatic carbocycles. The van der Waals surface area contributed by atoms with Crippen LogP contribution in [0.3, 0.4) is 0 Å². The topological polar surface area (TPSA) is 82.5 Å². The number of rotatable bonds is 4. The van der Waals surface area contributed by atoms with E-state index in [0.717, 1.165) is 0 Å². The molecule has 1 aliphatic heterocycles. The zero-order chi connectivity index (χ0) is 12.5. The van der Waals surface area contributed by atoms with Gasteiger partial charge in [0, 0.05) is 6.61 Å². The van der Waals surface area contributed by atoms with Crippen molar-refractivity contribution in [2.45, 2.75) is 37.0 Å². The number of hydrogen-bond donors (Lipinski definition) is 1. The van der Waals surface area contributed by atoms with E-state index in [2.05, 4.69) is 0 Å². The highest BCUT2D eigenvalue weighted by molar-refractivity contribution is 7.91. The van der Waals surface area contributed by atoms with E-state index in [1.807, 2.05) is 0 Å². The number of furan rings is 1. The van der Waals surface area contributed by atoms with Crippen molar-refractivity contribution >= 4 is 9.84 Å². The van der Waals surface area contributed by atoms with Crippen molar-refractivity contribution < 1.29 is 17.6 Å². The maximum atomic E-state index is 12.1. The Morgan fingerprint density at radius 3 is 2.65 bits per heavy atom. The monoisotopic (exact) mass is 259 g/mol. The van der Waals surface area contributed by atoms with Crippen molar-refractivity contribution in [1.82, 2.24) is 0 Å². The standard InChI is InChI=1S/C11H17NO4S/c1-8-11(4-5-15-8)17(13,14)7-10-3-2-9(6-12)16-10/h2-3,8,11H,4-7,12H2,1H3. The van der Waals surface area contributed by atoms with E-state index >= 15 is 0 Å². The van der Waals surface area contributed by atoms with Crippen LogP contribution >= 0.6 is 0 Å². The maximum Gasteiger partial charge on any atom is 0.163 e. The predicted molar refractivity (Wildman–Crippen MR) is 63.0 cm³/mol. The normalized spacial score (nSPS) is 25.3. The van der Waals surface area contributed by atoms with E-state index in [9.17, 15) is 8.42 Å². The summed E-state index contributed by atoms with van der Waals surface area (Å²) in [5, 5.41) is -0.422. The predicted octanol–water partition coefficient (Wildman–Crippen LogP) is 0.831. The van der Waals surface area contributed by atoms with Gasteiger partial charge in [0.1, 0.15) is 17.3 Å². The molecule has 0 bridgehead atoms. The highest BCUT2D eigenvalue weighted by Gasteiger charge is 2.36. The molecule has 2 rings (SSSR count). The fourth-order valence-corrected chi connectivity index (χ4v) is 3.98. The SMILES string of the molecule is CC1OCCC1S(=O)(=O)Cc1ccc(CN)o1. The second kappa shape index (κ2) is 4.80. The van der Waals surface area contributed by atoms with Gasteiger partial charge in [0.25, 0.3) is 0 Å². The van der Waals surface area contributed by atoms with Crippen LogP contribution in [0.5, 0.6) is 0 Å². The van der Waals surface area contributed by atoms with Crippen LogP contribution in [0.1, 0.15) is 24.9 Å². The van der Waals surface area contributed by atoms with Gasteiger partial charge in [0.2, 0.25) is 0 Å². The van der Waals surface area contributed by atoms with Gasteiger partial charge in [0.15, 0.2) is 9.84 Å². The van der Waals surface area contributed by atoms with Crippen LogP contribution < -0.4 is 5.73 Å². The second-order valence-electron chi connectivity index (χ2n) is 4.28. The zero-order valence-electron chi connectivity index (χ0n) is 9.76. The lowest BCUT2D eigenvalue weighted by atomic mass is 10.3. The fraction of sp³-hybridized carbons (Fsp3) is 0.636. The van der Waals surface area contributed by atoms with Crippen molar-refractivity contribution in [1.29, 1.82) is 0 Å². The molecule has 1 aromatic heterocycles. The largest absolute Gasteiger partial charge is 0.464 e. The van der Waals surface area contributed by atoms with Crippen LogP contribution in [0.2, 0.25) is 0 Å². The molecule has 1 aromatic rings. The summed E-state index contributed by atoms with van der Waals surface area (Å²) in [6.45, 7) is 2.59. The molecule has 2 unspecified atom stereocenters. The summed E-state index contributed by atoms with van der Waals surface area (Å²) in [6, 6.07) is 3.37. The van der Waals surface area contributed by atoms with Crippen LogP contribution in [0.15, 0.2) is 16.5 Å². The second-order valence-corrected chi connectivity index (χ2v) is 6.50. The first-order valence-electron chi connectivity index (χ1n) is 5.64. The van der Waals surface area contributed by atoms with Gasteiger partial charge in [-0.3, -0.25) is 0 Å². The minimum Gasteiger partial charge on any atom is -0.464 e. The van der Waals surface area contributed by atoms with E-state index in [1.165, 1.54) is 0 Å². The molecule has 1 saturated heterocycles. The van der Waals surface area contributed by atoms with E-state index in [-0.39, 0.29) is 18.4 Å². The molecular weight excluding hydrogens is 242 g/mol. The highest BCUT2D eigenvalue weighted by Crippen LogP contribution is 2.24. The first-order chi connectivity index (χ1) is 8.03. The third-order valence-corrected chi connectivity index (χ3v) is 5.26. The van der Waals surface area contributed by atoms with Gasteiger partial charge in [-0.25, -0.2) is 8.42 Å². The zero-order valence-corrected chi connectivity index (χ0v) is 10.6. The molecule has 17 heavy (non-hydrogen) atoms. The lowest BCUT2D eigenvalue weighted by molar-refractivity contribution is 0.126. The Balaban J connectivity index is 2.11. The van der Waals surface area contributed by atoms with Crippen molar-refractivity contribution in [2.24, 2.45) is 5.73 Å². The Bertz CT molecular complexity index is 479. The smallest absolute Gasteiger partial charge is 0.163 e. The molecule has 0 radical (unpaired) electrons. The first-order valence-corrected chi connectivity index (χ1v) is 7.35. The van der Waals surface area contributed by atoms with Gasteiger partial charge in [-0.2, -0.15) is 0 Å². The Morgan fingerprint density at radius 2 is 2.12 bits per heavy atom. The van der Waals surface area contributed by atoms with Crippen molar-refractivity contribution in [3.05, 3.63) is 23.7 Å². The molecule has 2 heterocycles. The Kier molecular flexibility index (Phi) is 3.56. The molecule has 0 aliphatic carbocycles. The molecule has 6 heteroatoms. The highest BCUT2D eigenvalue weighted by atomic mass is 32.2. The molecule has 96 valence electrons. The average Bonchev–Trinajstić information content (AvgIpc) is 2.86. The van der Waals surface area contributed by atoms with Crippen molar-refractivity contribution in [3.8, 4) is 0 Å². The molecule has 1 aliphatic rings. The van der Waals surface area contributed by atoms with E-state index in [0.29, 0.717) is 24.5 Å². The number of ether oxygens (including phenoxy) is 1. The maximum absolute atomic E-state index is 12.1. The van der Waals surface area contributed by atoms with Gasteiger partial charge in [0.05, 0.1) is 17.9 Å². The minimum atomic E-state index is -3.22. The Hall–Kier alpha value is -0.850. The van der Waals surface area contributed by atoms with Crippen LogP contribution in [0.25, 0.3) is 0 Å². The van der Waals surface area contributed by atoms with Gasteiger partial charge in [-0.15, -0.1) is 0 Å². The molecule has 1 fully saturated rings. The Morgan fingerprint density at radius 1 is 1.41 bits per heavy atom. The van der Waals surface area contributed by atoms with Crippen molar-refractivity contribution in [3.63, 3.8) is 0 Å². The molecule has 0 spiro atoms. The van der Waals surface area contributed by atoms with Crippen LogP contribution in [0.4, 0.5) is 0 Å². The third kappa shape index (κ3) is 2.70. The number of sulfone groups is 1. The average molecular weight is 259 g/mol. The molecule has 2 atom stereocenters. The van der Waals surface area contributed by atoms with Crippen LogP contribution in [-0.4, -0.2) is 26.4 Å². The van der Waals surface area contributed by atoms with E-state index in [1.54, 1.807) is 19.1 Å². The van der Waals surface area contributed by atoms with E-state index in [4.69, 9.17) is 14.9 Å². The van der Waals surface area contributed by atoms with Gasteiger partial charge < -0.3 is 14.9 Å². The summed E-state index contributed by atoms with van der Waals surface area (Å²) in [6.07, 6.45) is 0.331. The summed E-state index contributed by atoms with van der Waals surface area (Å²) in [4.78, 5) is 0. The molecule has 0 saturated carbocycles. The summed E-state index contributed by atoms with van der Waals surface area (Å²) >= 11 is 0. The summed E-state index contributed by atoms with van der Waals surface area (Å²) in [5.41, 5.74) is 5.41. The third-order valence-electron chi connectivity index (χ3n) is 3.03. The summed E-state index contributed by atoms with van der Waals surface area (Å²) in [5.74, 6) is 0.973. The van der Waals surface area contributed by atoms with E-state index < -0.39 is 15.1 Å². The number of hydrogen-bond acceptors (Lipinski definition) is 5. The van der Waals surface area contributed by atoms with Gasteiger partial charge in [-0.05, 0) is 25.5 Å². The lowest BCUT2D eigenvalue weighted by Gasteiger charge is -2.13. The Labute approximate surface area is 101 Å². The van der Waals surface area contributed by atoms with Crippen LogP contribution in [0, 0.1) is 0 Å². The molecule has 2 N–H and O–H groups in total. The lowest BCUT2D eigenvalue weighted by Crippen LogP contribution is -2.29. The fourth-order valence-electron chi connectivity index (χ4n) is 2.10. The summed E-state index contributed by atoms with van der Waals surface area (Å²) < 4.78 is 34.9. The van der Waals surface area contributed by atoms with Gasteiger partial charge >= 0.3 is 0 Å². The number of nitrogens with two attached hydrogens (primary N) is 1. The van der Waals surface area contributed by atoms with Gasteiger partial charge in [-0.1, -0.05) is 0 Å². The minimum absolute atomic E-state index is 0.0780. The quantitative estimate of drug-likeness (QED) is 0.866. The van der Waals surface area contributed by atoms with Crippen molar-refractivity contribution in [2.75, 3.05) is 6.61 Å². The molecule has 0 amide bonds.